The molecule has 22 heavy (non-hydrogen) atoms. The zero-order valence-electron chi connectivity index (χ0n) is 12.8. The number of carboxylic acids is 1. The number of hydrogen-bond acceptors (Lipinski definition) is 4. The lowest BCUT2D eigenvalue weighted by atomic mass is 10.1. The lowest BCUT2D eigenvalue weighted by molar-refractivity contribution is -0.143. The van der Waals surface area contributed by atoms with Crippen LogP contribution in [0.25, 0.3) is 0 Å². The number of aliphatic carboxylic acids is 1. The minimum Gasteiger partial charge on any atom is -0.480 e. The minimum atomic E-state index is -1.20. The van der Waals surface area contributed by atoms with Crippen molar-refractivity contribution in [1.29, 1.82) is 0 Å². The normalized spacial score (nSPS) is 11.6. The molecule has 0 aromatic heterocycles. The number of aryl methyl sites for hydroxylation is 2. The summed E-state index contributed by atoms with van der Waals surface area (Å²) in [5.41, 5.74) is 2.49. The van der Waals surface area contributed by atoms with E-state index in [0.717, 1.165) is 11.1 Å². The summed E-state index contributed by atoms with van der Waals surface area (Å²) in [7, 11) is 1.34. The van der Waals surface area contributed by atoms with Gasteiger partial charge in [-0.3, -0.25) is 9.59 Å². The van der Waals surface area contributed by atoms with Crippen molar-refractivity contribution in [3.8, 4) is 0 Å². The van der Waals surface area contributed by atoms with Crippen LogP contribution in [-0.2, 0) is 14.3 Å². The van der Waals surface area contributed by atoms with Gasteiger partial charge in [-0.15, -0.1) is 0 Å². The molecule has 1 atom stereocenters. The number of amides is 2. The molecule has 0 heterocycles. The number of carbonyl (C=O) groups excluding carboxylic acids is 2. The molecule has 0 aliphatic heterocycles. The average Bonchev–Trinajstić information content (AvgIpc) is 2.47. The zero-order chi connectivity index (χ0) is 16.7. The summed E-state index contributed by atoms with van der Waals surface area (Å²) in [4.78, 5) is 34.4. The molecule has 0 fully saturated rings. The Morgan fingerprint density at radius 2 is 1.91 bits per heavy atom. The Kier molecular flexibility index (Phi) is 6.52. The van der Waals surface area contributed by atoms with E-state index in [0.29, 0.717) is 5.56 Å². The Morgan fingerprint density at radius 3 is 2.45 bits per heavy atom. The molecule has 0 bridgehead atoms. The molecule has 0 saturated heterocycles. The molecule has 7 heteroatoms. The third-order valence-corrected chi connectivity index (χ3v) is 3.15. The Morgan fingerprint density at radius 1 is 1.23 bits per heavy atom. The first-order valence-electron chi connectivity index (χ1n) is 6.71. The number of benzene rings is 1. The fourth-order valence-electron chi connectivity index (χ4n) is 1.73. The van der Waals surface area contributed by atoms with E-state index in [9.17, 15) is 14.4 Å². The third-order valence-electron chi connectivity index (χ3n) is 3.15. The summed E-state index contributed by atoms with van der Waals surface area (Å²) >= 11 is 0. The molecule has 3 N–H and O–H groups in total. The van der Waals surface area contributed by atoms with Crippen molar-refractivity contribution in [3.63, 3.8) is 0 Å². The molecule has 7 nitrogen and oxygen atoms in total. The van der Waals surface area contributed by atoms with Crippen LogP contribution in [0.5, 0.6) is 0 Å². The number of hydrogen-bond donors (Lipinski definition) is 3. The van der Waals surface area contributed by atoms with Crippen LogP contribution in [-0.4, -0.2) is 49.2 Å². The van der Waals surface area contributed by atoms with Gasteiger partial charge < -0.3 is 20.5 Å². The van der Waals surface area contributed by atoms with Gasteiger partial charge >= 0.3 is 5.97 Å². The van der Waals surface area contributed by atoms with Gasteiger partial charge in [0, 0.05) is 12.7 Å². The maximum atomic E-state index is 11.9. The van der Waals surface area contributed by atoms with Crippen molar-refractivity contribution in [1.82, 2.24) is 10.6 Å². The van der Waals surface area contributed by atoms with E-state index in [1.807, 2.05) is 19.9 Å². The van der Waals surface area contributed by atoms with Crippen molar-refractivity contribution in [3.05, 3.63) is 34.9 Å². The van der Waals surface area contributed by atoms with Gasteiger partial charge in [0.25, 0.3) is 5.91 Å². The molecular weight excluding hydrogens is 288 g/mol. The maximum Gasteiger partial charge on any atom is 0.328 e. The molecule has 0 radical (unpaired) electrons. The van der Waals surface area contributed by atoms with E-state index in [2.05, 4.69) is 10.6 Å². The number of carboxylic acid groups (broad SMARTS) is 1. The largest absolute Gasteiger partial charge is 0.480 e. The second-order valence-corrected chi connectivity index (χ2v) is 4.90. The summed E-state index contributed by atoms with van der Waals surface area (Å²) in [5.74, 6) is -2.19. The molecule has 1 unspecified atom stereocenters. The first-order valence-corrected chi connectivity index (χ1v) is 6.71. The van der Waals surface area contributed by atoms with Gasteiger partial charge in [-0.2, -0.15) is 0 Å². The summed E-state index contributed by atoms with van der Waals surface area (Å²) in [6.07, 6.45) is 0. The fourth-order valence-corrected chi connectivity index (χ4v) is 1.73. The molecule has 0 aliphatic carbocycles. The smallest absolute Gasteiger partial charge is 0.328 e. The van der Waals surface area contributed by atoms with Crippen molar-refractivity contribution >= 4 is 17.8 Å². The van der Waals surface area contributed by atoms with Crippen molar-refractivity contribution in [2.75, 3.05) is 20.3 Å². The maximum absolute atomic E-state index is 11.9. The third kappa shape index (κ3) is 5.17. The molecule has 0 spiro atoms. The second-order valence-electron chi connectivity index (χ2n) is 4.90. The van der Waals surface area contributed by atoms with E-state index >= 15 is 0 Å². The zero-order valence-corrected chi connectivity index (χ0v) is 12.8. The van der Waals surface area contributed by atoms with Crippen LogP contribution in [0, 0.1) is 13.8 Å². The lowest BCUT2D eigenvalue weighted by Gasteiger charge is -2.13. The van der Waals surface area contributed by atoms with Crippen LogP contribution in [0.15, 0.2) is 18.2 Å². The molecule has 1 aromatic rings. The monoisotopic (exact) mass is 308 g/mol. The standard InChI is InChI=1S/C15H20N2O5/c1-9-4-5-11(6-10(9)2)14(19)16-7-13(18)17-12(8-22-3)15(20)21/h4-6,12H,7-8H2,1-3H3,(H,16,19)(H,17,18)(H,20,21). The van der Waals surface area contributed by atoms with E-state index in [1.54, 1.807) is 12.1 Å². The van der Waals surface area contributed by atoms with Gasteiger partial charge in [0.05, 0.1) is 13.2 Å². The van der Waals surface area contributed by atoms with Crippen LogP contribution >= 0.6 is 0 Å². The van der Waals surface area contributed by atoms with Crippen LogP contribution < -0.4 is 10.6 Å². The Bertz CT molecular complexity index is 571. The number of rotatable bonds is 7. The molecule has 120 valence electrons. The van der Waals surface area contributed by atoms with E-state index < -0.39 is 23.8 Å². The van der Waals surface area contributed by atoms with Crippen molar-refractivity contribution in [2.45, 2.75) is 19.9 Å². The predicted octanol–water partition coefficient (Wildman–Crippen LogP) is 0.249. The highest BCUT2D eigenvalue weighted by molar-refractivity contribution is 5.97. The summed E-state index contributed by atoms with van der Waals surface area (Å²) in [5, 5.41) is 13.6. The number of ether oxygens (including phenoxy) is 1. The van der Waals surface area contributed by atoms with Crippen molar-refractivity contribution in [2.24, 2.45) is 0 Å². The van der Waals surface area contributed by atoms with Gasteiger partial charge in [0.1, 0.15) is 0 Å². The Labute approximate surface area is 128 Å². The Hall–Kier alpha value is -2.41. The highest BCUT2D eigenvalue weighted by Crippen LogP contribution is 2.09. The van der Waals surface area contributed by atoms with Crippen LogP contribution in [0.2, 0.25) is 0 Å². The molecule has 2 amide bonds. The number of carbonyl (C=O) groups is 3. The first kappa shape index (κ1) is 17.6. The quantitative estimate of drug-likeness (QED) is 0.669. The SMILES string of the molecule is COCC(NC(=O)CNC(=O)c1ccc(C)c(C)c1)C(=O)O. The van der Waals surface area contributed by atoms with Gasteiger partial charge in [-0.25, -0.2) is 4.79 Å². The van der Waals surface area contributed by atoms with Gasteiger partial charge in [-0.1, -0.05) is 6.07 Å². The summed E-state index contributed by atoms with van der Waals surface area (Å²) < 4.78 is 4.70. The van der Waals surface area contributed by atoms with Gasteiger partial charge in [0.2, 0.25) is 5.91 Å². The predicted molar refractivity (Wildman–Crippen MR) is 79.7 cm³/mol. The summed E-state index contributed by atoms with van der Waals surface area (Å²) in [6, 6.07) is 4.08. The lowest BCUT2D eigenvalue weighted by Crippen LogP contribution is -2.47. The highest BCUT2D eigenvalue weighted by atomic mass is 16.5. The average molecular weight is 308 g/mol. The number of methoxy groups -OCH3 is 1. The van der Waals surface area contributed by atoms with E-state index in [4.69, 9.17) is 9.84 Å². The van der Waals surface area contributed by atoms with E-state index in [1.165, 1.54) is 7.11 Å². The fraction of sp³-hybridized carbons (Fsp3) is 0.400. The van der Waals surface area contributed by atoms with Crippen molar-refractivity contribution < 1.29 is 24.2 Å². The van der Waals surface area contributed by atoms with E-state index in [-0.39, 0.29) is 13.2 Å². The first-order chi connectivity index (χ1) is 10.3. The molecule has 1 aromatic carbocycles. The molecule has 0 aliphatic rings. The van der Waals surface area contributed by atoms with Crippen LogP contribution in [0.1, 0.15) is 21.5 Å². The highest BCUT2D eigenvalue weighted by Gasteiger charge is 2.19. The van der Waals surface area contributed by atoms with Crippen LogP contribution in [0.3, 0.4) is 0 Å². The molecule has 0 saturated carbocycles. The molecular formula is C15H20N2O5. The second kappa shape index (κ2) is 8.14. The molecule has 1 rings (SSSR count). The van der Waals surface area contributed by atoms with Gasteiger partial charge in [0.15, 0.2) is 6.04 Å². The Balaban J connectivity index is 2.54. The minimum absolute atomic E-state index is 0.147. The summed E-state index contributed by atoms with van der Waals surface area (Å²) in [6.45, 7) is 3.37. The van der Waals surface area contributed by atoms with Gasteiger partial charge in [-0.05, 0) is 37.1 Å². The van der Waals surface area contributed by atoms with Crippen LogP contribution in [0.4, 0.5) is 0 Å². The topological polar surface area (TPSA) is 105 Å². The number of nitrogens with one attached hydrogen (secondary N) is 2.